The molecule has 4 rings (SSSR count). The Balaban J connectivity index is 1.38. The van der Waals surface area contributed by atoms with Crippen LogP contribution in [0.5, 0.6) is 0 Å². The third-order valence-electron chi connectivity index (χ3n) is 6.34. The number of carbonyl (C=O) groups excluding carboxylic acids is 3. The summed E-state index contributed by atoms with van der Waals surface area (Å²) in [5, 5.41) is 3.71. The van der Waals surface area contributed by atoms with Crippen molar-refractivity contribution in [1.82, 2.24) is 25.2 Å². The van der Waals surface area contributed by atoms with Crippen LogP contribution in [0.4, 0.5) is 4.79 Å². The lowest BCUT2D eigenvalue weighted by molar-refractivity contribution is -0.140. The molecule has 2 N–H and O–H groups in total. The van der Waals surface area contributed by atoms with Gasteiger partial charge in [0.2, 0.25) is 0 Å². The molecular weight excluding hydrogens is 346 g/mol. The molecule has 2 aliphatic heterocycles. The predicted molar refractivity (Wildman–Crippen MR) is 98.3 cm³/mol. The summed E-state index contributed by atoms with van der Waals surface area (Å²) in [4.78, 5) is 39.8. The van der Waals surface area contributed by atoms with Gasteiger partial charge in [-0.05, 0) is 50.7 Å². The van der Waals surface area contributed by atoms with Gasteiger partial charge in [-0.2, -0.15) is 5.01 Å². The molecule has 1 saturated heterocycles. The van der Waals surface area contributed by atoms with Gasteiger partial charge in [-0.25, -0.2) is 4.79 Å². The van der Waals surface area contributed by atoms with Gasteiger partial charge in [0, 0.05) is 31.0 Å². The van der Waals surface area contributed by atoms with E-state index in [9.17, 15) is 14.4 Å². The lowest BCUT2D eigenvalue weighted by Crippen LogP contribution is -2.53. The van der Waals surface area contributed by atoms with Crippen LogP contribution in [0.1, 0.15) is 51.3 Å². The second kappa shape index (κ2) is 6.67. The Bertz CT molecular complexity index is 765. The van der Waals surface area contributed by atoms with Gasteiger partial charge in [-0.3, -0.25) is 19.9 Å². The Morgan fingerprint density at radius 1 is 1.26 bits per heavy atom. The Labute approximate surface area is 158 Å². The number of urea groups is 1. The zero-order chi connectivity index (χ0) is 19.2. The largest absolute Gasteiger partial charge is 0.349 e. The van der Waals surface area contributed by atoms with E-state index in [1.165, 1.54) is 5.69 Å². The highest BCUT2D eigenvalue weighted by molar-refractivity contribution is 6.08. The fourth-order valence-corrected chi connectivity index (χ4v) is 4.50. The van der Waals surface area contributed by atoms with E-state index in [1.54, 1.807) is 0 Å². The molecule has 0 unspecified atom stereocenters. The first-order valence-corrected chi connectivity index (χ1v) is 9.75. The third-order valence-corrected chi connectivity index (χ3v) is 6.34. The molecule has 0 radical (unpaired) electrons. The first kappa shape index (κ1) is 18.0. The minimum absolute atomic E-state index is 0.105. The zero-order valence-corrected chi connectivity index (χ0v) is 15.9. The molecule has 8 nitrogen and oxygen atoms in total. The fraction of sp³-hybridized carbons (Fsp3) is 0.632. The van der Waals surface area contributed by atoms with E-state index in [0.29, 0.717) is 18.8 Å². The number of nitrogens with one attached hydrogen (secondary N) is 2. The Morgan fingerprint density at radius 3 is 2.74 bits per heavy atom. The average molecular weight is 373 g/mol. The average Bonchev–Trinajstić information content (AvgIpc) is 3.20. The van der Waals surface area contributed by atoms with Gasteiger partial charge < -0.3 is 9.88 Å². The van der Waals surface area contributed by atoms with E-state index in [1.807, 2.05) is 12.3 Å². The van der Waals surface area contributed by atoms with Crippen LogP contribution in [0.2, 0.25) is 0 Å². The van der Waals surface area contributed by atoms with Crippen molar-refractivity contribution in [2.75, 3.05) is 13.1 Å². The van der Waals surface area contributed by atoms with Gasteiger partial charge in [-0.15, -0.1) is 0 Å². The van der Waals surface area contributed by atoms with Crippen LogP contribution < -0.4 is 10.7 Å². The summed E-state index contributed by atoms with van der Waals surface area (Å²) in [5.74, 6) is -0.108. The maximum atomic E-state index is 12.8. The van der Waals surface area contributed by atoms with E-state index in [4.69, 9.17) is 0 Å². The summed E-state index contributed by atoms with van der Waals surface area (Å²) < 4.78 is 2.18. The van der Waals surface area contributed by atoms with Gasteiger partial charge in [0.1, 0.15) is 5.54 Å². The summed E-state index contributed by atoms with van der Waals surface area (Å²) in [6, 6.07) is 3.64. The minimum atomic E-state index is -0.837. The highest BCUT2D eigenvalue weighted by atomic mass is 16.2. The summed E-state index contributed by atoms with van der Waals surface area (Å²) in [6.45, 7) is 5.93. The number of hydrogen-bond donors (Lipinski definition) is 2. The third kappa shape index (κ3) is 3.12. The van der Waals surface area contributed by atoms with Crippen LogP contribution in [-0.4, -0.2) is 50.9 Å². The van der Waals surface area contributed by atoms with E-state index in [-0.39, 0.29) is 24.4 Å². The van der Waals surface area contributed by atoms with Crippen molar-refractivity contribution in [2.45, 2.75) is 57.7 Å². The lowest BCUT2D eigenvalue weighted by Gasteiger charge is -2.35. The number of hydrogen-bond acceptors (Lipinski definition) is 4. The Hall–Kier alpha value is -2.35. The molecule has 1 spiro atoms. The summed E-state index contributed by atoms with van der Waals surface area (Å²) in [5.41, 5.74) is 2.86. The molecule has 8 heteroatoms. The standard InChI is InChI=1S/C19H27N5O3/c1-13-5-7-19(8-6-13)17(26)24(18(27)20-19)21-16(25)12-23-11-10-22-9-3-4-15(22)14(23)2/h3-4,9,13-14H,5-8,10-12H2,1-2H3,(H,20,27)(H,21,25)/t13?,14-,19?/m0/s1. The molecule has 0 bridgehead atoms. The topological polar surface area (TPSA) is 86.7 Å². The molecule has 27 heavy (non-hydrogen) atoms. The highest BCUT2D eigenvalue weighted by Gasteiger charge is 2.52. The lowest BCUT2D eigenvalue weighted by atomic mass is 9.77. The normalized spacial score (nSPS) is 31.1. The predicted octanol–water partition coefficient (Wildman–Crippen LogP) is 1.40. The van der Waals surface area contributed by atoms with Crippen molar-refractivity contribution >= 4 is 17.8 Å². The number of carbonyl (C=O) groups is 3. The fourth-order valence-electron chi connectivity index (χ4n) is 4.50. The van der Waals surface area contributed by atoms with Crippen molar-refractivity contribution in [3.63, 3.8) is 0 Å². The molecule has 3 heterocycles. The number of aromatic nitrogens is 1. The molecule has 0 aromatic carbocycles. The molecule has 2 fully saturated rings. The van der Waals surface area contributed by atoms with Gasteiger partial charge >= 0.3 is 6.03 Å². The number of fused-ring (bicyclic) bond motifs is 1. The second-order valence-electron chi connectivity index (χ2n) is 8.14. The highest BCUT2D eigenvalue weighted by Crippen LogP contribution is 2.35. The Morgan fingerprint density at radius 2 is 2.00 bits per heavy atom. The van der Waals surface area contributed by atoms with Crippen LogP contribution in [-0.2, 0) is 16.1 Å². The molecule has 1 aliphatic carbocycles. The quantitative estimate of drug-likeness (QED) is 0.784. The Kier molecular flexibility index (Phi) is 4.46. The minimum Gasteiger partial charge on any atom is -0.349 e. The monoisotopic (exact) mass is 373 g/mol. The molecule has 1 atom stereocenters. The van der Waals surface area contributed by atoms with Crippen molar-refractivity contribution in [3.05, 3.63) is 24.0 Å². The van der Waals surface area contributed by atoms with Crippen molar-refractivity contribution in [3.8, 4) is 0 Å². The summed E-state index contributed by atoms with van der Waals surface area (Å²) >= 11 is 0. The van der Waals surface area contributed by atoms with Gasteiger partial charge in [-0.1, -0.05) is 6.92 Å². The van der Waals surface area contributed by atoms with Crippen molar-refractivity contribution in [1.29, 1.82) is 0 Å². The molecule has 3 aliphatic rings. The maximum Gasteiger partial charge on any atom is 0.344 e. The van der Waals surface area contributed by atoms with Crippen LogP contribution in [0.3, 0.4) is 0 Å². The smallest absolute Gasteiger partial charge is 0.344 e. The maximum absolute atomic E-state index is 12.8. The van der Waals surface area contributed by atoms with Crippen molar-refractivity contribution < 1.29 is 14.4 Å². The number of amides is 4. The van der Waals surface area contributed by atoms with E-state index < -0.39 is 11.6 Å². The number of hydrazine groups is 1. The SMILES string of the molecule is CC1CCC2(CC1)NC(=O)N(NC(=O)CN1CCn3cccc3[C@@H]1C)C2=O. The number of rotatable bonds is 3. The summed E-state index contributed by atoms with van der Waals surface area (Å²) in [6.07, 6.45) is 5.11. The van der Waals surface area contributed by atoms with E-state index >= 15 is 0 Å². The molecule has 1 saturated carbocycles. The molecule has 146 valence electrons. The first-order valence-electron chi connectivity index (χ1n) is 9.75. The van der Waals surface area contributed by atoms with E-state index in [2.05, 4.69) is 40.1 Å². The van der Waals surface area contributed by atoms with Gasteiger partial charge in [0.25, 0.3) is 11.8 Å². The molecule has 1 aromatic heterocycles. The van der Waals surface area contributed by atoms with Crippen LogP contribution in [0.15, 0.2) is 18.3 Å². The number of imide groups is 1. The number of nitrogens with zero attached hydrogens (tertiary/aromatic N) is 3. The van der Waals surface area contributed by atoms with Crippen LogP contribution >= 0.6 is 0 Å². The van der Waals surface area contributed by atoms with E-state index in [0.717, 1.165) is 30.9 Å². The molecule has 4 amide bonds. The molecular formula is C19H27N5O3. The summed E-state index contributed by atoms with van der Waals surface area (Å²) in [7, 11) is 0. The molecule has 1 aromatic rings. The van der Waals surface area contributed by atoms with Crippen LogP contribution in [0, 0.1) is 5.92 Å². The second-order valence-corrected chi connectivity index (χ2v) is 8.14. The van der Waals surface area contributed by atoms with Gasteiger partial charge in [0.15, 0.2) is 0 Å². The van der Waals surface area contributed by atoms with Gasteiger partial charge in [0.05, 0.1) is 6.54 Å². The van der Waals surface area contributed by atoms with Crippen LogP contribution in [0.25, 0.3) is 0 Å². The zero-order valence-electron chi connectivity index (χ0n) is 15.9. The van der Waals surface area contributed by atoms with Crippen molar-refractivity contribution in [2.24, 2.45) is 5.92 Å². The first-order chi connectivity index (χ1) is 12.9.